The van der Waals surface area contributed by atoms with Crippen molar-refractivity contribution in [3.05, 3.63) is 0 Å². The number of carboxylic acids is 1. The van der Waals surface area contributed by atoms with Crippen LogP contribution in [0.25, 0.3) is 0 Å². The maximum absolute atomic E-state index is 10.4. The van der Waals surface area contributed by atoms with Gasteiger partial charge in [-0.15, -0.1) is 0 Å². The van der Waals surface area contributed by atoms with E-state index in [1.165, 1.54) is 96.3 Å². The second-order valence-corrected chi connectivity index (χ2v) is 6.80. The maximum Gasteiger partial charge on any atom is 0.303 e. The Morgan fingerprint density at radius 1 is 0.481 bits per heavy atom. The molecular weight excluding hydrogens is 352 g/mol. The van der Waals surface area contributed by atoms with Crippen molar-refractivity contribution in [1.29, 1.82) is 0 Å². The van der Waals surface area contributed by atoms with E-state index in [2.05, 4.69) is 6.92 Å². The van der Waals surface area contributed by atoms with Crippen molar-refractivity contribution in [3.8, 4) is 0 Å². The van der Waals surface area contributed by atoms with Crippen molar-refractivity contribution >= 4 is 5.97 Å². The highest BCUT2D eigenvalue weighted by molar-refractivity contribution is 5.66. The van der Waals surface area contributed by atoms with Crippen molar-refractivity contribution < 1.29 is 37.3 Å². The maximum atomic E-state index is 10.4. The average Bonchev–Trinajstić information content (AvgIpc) is 2.50. The van der Waals surface area contributed by atoms with Gasteiger partial charge in [0.25, 0.3) is 0 Å². The van der Waals surface area contributed by atoms with E-state index in [0.29, 0.717) is 6.42 Å². The molecular formula is C20H50O7. The second-order valence-electron chi connectivity index (χ2n) is 6.80. The molecule has 0 fully saturated rings. The SMILES string of the molecule is CCCCCCCCCCCCCCCCCCCC(=O)O.O.O.O.O.O. The van der Waals surface area contributed by atoms with Gasteiger partial charge in [-0.1, -0.05) is 110 Å². The smallest absolute Gasteiger partial charge is 0.303 e. The molecule has 0 aromatic carbocycles. The monoisotopic (exact) mass is 402 g/mol. The van der Waals surface area contributed by atoms with E-state index in [0.717, 1.165) is 12.8 Å². The fourth-order valence-corrected chi connectivity index (χ4v) is 3.00. The fraction of sp³-hybridized carbons (Fsp3) is 0.950. The summed E-state index contributed by atoms with van der Waals surface area (Å²) in [7, 11) is 0. The second kappa shape index (κ2) is 36.2. The lowest BCUT2D eigenvalue weighted by atomic mass is 10.0. The van der Waals surface area contributed by atoms with Crippen LogP contribution in [0.1, 0.15) is 122 Å². The van der Waals surface area contributed by atoms with Gasteiger partial charge in [0.1, 0.15) is 0 Å². The van der Waals surface area contributed by atoms with Gasteiger partial charge >= 0.3 is 5.97 Å². The van der Waals surface area contributed by atoms with E-state index < -0.39 is 5.97 Å². The van der Waals surface area contributed by atoms with E-state index in [9.17, 15) is 4.79 Å². The highest BCUT2D eigenvalue weighted by Crippen LogP contribution is 2.14. The Hall–Kier alpha value is -0.730. The number of carbonyl (C=O) groups is 1. The summed E-state index contributed by atoms with van der Waals surface area (Å²) in [6.07, 6.45) is 23.1. The van der Waals surface area contributed by atoms with Crippen molar-refractivity contribution in [2.75, 3.05) is 0 Å². The van der Waals surface area contributed by atoms with E-state index in [1.54, 1.807) is 0 Å². The molecule has 0 aromatic rings. The van der Waals surface area contributed by atoms with E-state index in [4.69, 9.17) is 5.11 Å². The Balaban J connectivity index is -0.000000220. The Kier molecular flexibility index (Phi) is 54.8. The van der Waals surface area contributed by atoms with E-state index in [1.807, 2.05) is 0 Å². The van der Waals surface area contributed by atoms with Crippen LogP contribution < -0.4 is 0 Å². The van der Waals surface area contributed by atoms with Gasteiger partial charge in [-0.25, -0.2) is 0 Å². The number of hydrogen-bond donors (Lipinski definition) is 1. The van der Waals surface area contributed by atoms with Gasteiger partial charge in [-0.2, -0.15) is 0 Å². The Labute approximate surface area is 166 Å². The quantitative estimate of drug-likeness (QED) is 0.344. The fourth-order valence-electron chi connectivity index (χ4n) is 3.00. The minimum absolute atomic E-state index is 0. The molecule has 7 nitrogen and oxygen atoms in total. The molecule has 0 aromatic heterocycles. The van der Waals surface area contributed by atoms with Crippen LogP contribution in [-0.4, -0.2) is 38.5 Å². The van der Waals surface area contributed by atoms with Crippen LogP contribution in [-0.2, 0) is 4.79 Å². The van der Waals surface area contributed by atoms with Gasteiger partial charge in [0.15, 0.2) is 0 Å². The van der Waals surface area contributed by atoms with Crippen LogP contribution in [0, 0.1) is 0 Å². The normalized spacial score (nSPS) is 8.93. The first-order valence-electron chi connectivity index (χ1n) is 9.99. The molecule has 7 heteroatoms. The zero-order valence-electron chi connectivity index (χ0n) is 17.6. The average molecular weight is 403 g/mol. The van der Waals surface area contributed by atoms with Crippen LogP contribution >= 0.6 is 0 Å². The lowest BCUT2D eigenvalue weighted by Gasteiger charge is -2.03. The number of aliphatic carboxylic acids is 1. The number of unbranched alkanes of at least 4 members (excludes halogenated alkanes) is 16. The first kappa shape index (κ1) is 40.8. The minimum Gasteiger partial charge on any atom is -0.481 e. The molecule has 0 saturated heterocycles. The summed E-state index contributed by atoms with van der Waals surface area (Å²) >= 11 is 0. The molecule has 0 aliphatic carbocycles. The number of rotatable bonds is 18. The number of carboxylic acid groups (broad SMARTS) is 1. The summed E-state index contributed by atoms with van der Waals surface area (Å²) in [4.78, 5) is 10.4. The third kappa shape index (κ3) is 41.0. The van der Waals surface area contributed by atoms with E-state index >= 15 is 0 Å². The van der Waals surface area contributed by atoms with Gasteiger partial charge in [-0.05, 0) is 6.42 Å². The van der Waals surface area contributed by atoms with Crippen molar-refractivity contribution in [2.45, 2.75) is 122 Å². The topological polar surface area (TPSA) is 195 Å². The van der Waals surface area contributed by atoms with Crippen LogP contribution in [0.5, 0.6) is 0 Å². The van der Waals surface area contributed by atoms with Crippen LogP contribution in [0.2, 0.25) is 0 Å². The predicted octanol–water partition coefficient (Wildman–Crippen LogP) is 2.99. The van der Waals surface area contributed by atoms with Crippen LogP contribution in [0.4, 0.5) is 0 Å². The minimum atomic E-state index is -0.652. The molecule has 0 aliphatic rings. The third-order valence-electron chi connectivity index (χ3n) is 4.49. The summed E-state index contributed by atoms with van der Waals surface area (Å²) in [5, 5.41) is 8.54. The van der Waals surface area contributed by atoms with Gasteiger partial charge < -0.3 is 32.5 Å². The summed E-state index contributed by atoms with van der Waals surface area (Å²) in [5.41, 5.74) is 0. The Morgan fingerprint density at radius 3 is 0.926 bits per heavy atom. The molecule has 0 amide bonds. The molecule has 0 unspecified atom stereocenters. The molecule has 0 rings (SSSR count). The summed E-state index contributed by atoms with van der Waals surface area (Å²) in [6.45, 7) is 2.28. The van der Waals surface area contributed by atoms with Crippen LogP contribution in [0.15, 0.2) is 0 Å². The summed E-state index contributed by atoms with van der Waals surface area (Å²) < 4.78 is 0. The summed E-state index contributed by atoms with van der Waals surface area (Å²) in [5.74, 6) is -0.652. The van der Waals surface area contributed by atoms with Gasteiger partial charge in [0.05, 0.1) is 0 Å². The first-order valence-corrected chi connectivity index (χ1v) is 9.99. The van der Waals surface area contributed by atoms with Crippen molar-refractivity contribution in [2.24, 2.45) is 0 Å². The van der Waals surface area contributed by atoms with Gasteiger partial charge in [-0.3, -0.25) is 4.79 Å². The zero-order valence-corrected chi connectivity index (χ0v) is 17.6. The molecule has 0 atom stereocenters. The first-order chi connectivity index (χ1) is 10.8. The highest BCUT2D eigenvalue weighted by Gasteiger charge is 1.97. The van der Waals surface area contributed by atoms with Crippen molar-refractivity contribution in [1.82, 2.24) is 0 Å². The number of hydrogen-bond acceptors (Lipinski definition) is 1. The predicted molar refractivity (Wildman–Crippen MR) is 114 cm³/mol. The van der Waals surface area contributed by atoms with Crippen molar-refractivity contribution in [3.63, 3.8) is 0 Å². The molecule has 27 heavy (non-hydrogen) atoms. The largest absolute Gasteiger partial charge is 0.481 e. The Bertz CT molecular complexity index is 238. The standard InChI is InChI=1S/C20H40O2.5H2O/c1-2-3-4-5-6-7-8-9-10-11-12-13-14-15-16-17-18-19-20(21)22;;;;;/h2-19H2,1H3,(H,21,22);5*1H2. The zero-order chi connectivity index (χ0) is 16.3. The highest BCUT2D eigenvalue weighted by atomic mass is 16.4. The molecule has 11 N–H and O–H groups in total. The summed E-state index contributed by atoms with van der Waals surface area (Å²) in [6, 6.07) is 0. The Morgan fingerprint density at radius 2 is 0.704 bits per heavy atom. The molecule has 0 heterocycles. The van der Waals surface area contributed by atoms with Gasteiger partial charge in [0.2, 0.25) is 0 Å². The third-order valence-corrected chi connectivity index (χ3v) is 4.49. The molecule has 0 spiro atoms. The molecule has 0 bridgehead atoms. The van der Waals surface area contributed by atoms with Crippen LogP contribution in [0.3, 0.4) is 0 Å². The lowest BCUT2D eigenvalue weighted by Crippen LogP contribution is -1.93. The molecule has 0 aliphatic heterocycles. The molecule has 172 valence electrons. The molecule has 0 saturated carbocycles. The lowest BCUT2D eigenvalue weighted by molar-refractivity contribution is -0.137. The molecule has 0 radical (unpaired) electrons. The van der Waals surface area contributed by atoms with E-state index in [-0.39, 0.29) is 27.4 Å². The van der Waals surface area contributed by atoms with Gasteiger partial charge in [0, 0.05) is 6.42 Å².